The number of nitrogens with one attached hydrogen (secondary N) is 1. The Kier molecular flexibility index (Phi) is 14.1. The average molecular weight is 465 g/mol. The van der Waals surface area contributed by atoms with Crippen LogP contribution in [0.2, 0.25) is 0 Å². The Morgan fingerprint density at radius 3 is 2.27 bits per heavy atom. The van der Waals surface area contributed by atoms with Crippen LogP contribution in [-0.2, 0) is 25.6 Å². The Bertz CT molecular complexity index is 712. The fourth-order valence-corrected chi connectivity index (χ4v) is 4.03. The van der Waals surface area contributed by atoms with Crippen LogP contribution in [0.5, 0.6) is 0 Å². The van der Waals surface area contributed by atoms with E-state index in [1.807, 2.05) is 30.1 Å². The normalized spacial score (nSPS) is 18.6. The molecule has 33 heavy (non-hydrogen) atoms. The van der Waals surface area contributed by atoms with Gasteiger partial charge in [-0.3, -0.25) is 29.0 Å². The number of likely N-dealkylation sites (N-methyl/N-ethyl adjacent to an activating group) is 1. The summed E-state index contributed by atoms with van der Waals surface area (Å²) in [6.07, 6.45) is 3.86. The molecule has 0 bridgehead atoms. The number of nitrogens with zero attached hydrogens (tertiary/aromatic N) is 3. The third-order valence-electron chi connectivity index (χ3n) is 5.65. The van der Waals surface area contributed by atoms with Gasteiger partial charge in [-0.1, -0.05) is 30.3 Å². The highest BCUT2D eigenvalue weighted by Crippen LogP contribution is 2.18. The Hall–Kier alpha value is -2.98. The van der Waals surface area contributed by atoms with Crippen LogP contribution in [0.15, 0.2) is 30.3 Å². The van der Waals surface area contributed by atoms with Crippen molar-refractivity contribution in [2.75, 3.05) is 52.9 Å². The summed E-state index contributed by atoms with van der Waals surface area (Å²) in [7, 11) is 2.04. The number of carbonyl (C=O) groups excluding carboxylic acids is 2. The summed E-state index contributed by atoms with van der Waals surface area (Å²) in [4.78, 5) is 48.1. The molecule has 3 N–H and O–H groups in total. The molecular weight excluding hydrogens is 428 g/mol. The zero-order chi connectivity index (χ0) is 24.5. The predicted molar refractivity (Wildman–Crippen MR) is 124 cm³/mol. The third-order valence-corrected chi connectivity index (χ3v) is 5.65. The standard InChI is InChI=1S/C21H32N4O2.2CH2O2/c1-23-12-5-9-19(23)21(27)25-14-6-13-24(15-16-25)17-20(26)22-11-10-18-7-3-2-4-8-18;2*2-1-3/h2-4,7-8,19H,5-6,9-17H2,1H3,(H,22,26);2*1H,(H,2,3)/t19-;;/m1../s1. The van der Waals surface area contributed by atoms with Crippen LogP contribution < -0.4 is 5.32 Å². The lowest BCUT2D eigenvalue weighted by atomic mass is 10.1. The molecule has 2 aliphatic rings. The number of hydrogen-bond acceptors (Lipinski definition) is 6. The Morgan fingerprint density at radius 1 is 1.00 bits per heavy atom. The molecular formula is C23H36N4O6. The summed E-state index contributed by atoms with van der Waals surface area (Å²) >= 11 is 0. The number of rotatable bonds is 6. The first-order valence-corrected chi connectivity index (χ1v) is 11.1. The lowest BCUT2D eigenvalue weighted by Gasteiger charge is -2.27. The van der Waals surface area contributed by atoms with Gasteiger partial charge >= 0.3 is 0 Å². The van der Waals surface area contributed by atoms with E-state index in [0.29, 0.717) is 13.1 Å². The van der Waals surface area contributed by atoms with Crippen molar-refractivity contribution in [2.45, 2.75) is 31.7 Å². The van der Waals surface area contributed by atoms with Crippen LogP contribution in [0.1, 0.15) is 24.8 Å². The number of benzene rings is 1. The maximum atomic E-state index is 12.8. The van der Waals surface area contributed by atoms with E-state index in [2.05, 4.69) is 27.2 Å². The number of hydrogen-bond donors (Lipinski definition) is 3. The lowest BCUT2D eigenvalue weighted by Crippen LogP contribution is -2.46. The van der Waals surface area contributed by atoms with Crippen molar-refractivity contribution in [1.29, 1.82) is 0 Å². The molecule has 2 fully saturated rings. The third kappa shape index (κ3) is 10.9. The van der Waals surface area contributed by atoms with Crippen LogP contribution in [-0.4, -0.2) is 109 Å². The van der Waals surface area contributed by atoms with Gasteiger partial charge in [-0.25, -0.2) is 0 Å². The highest BCUT2D eigenvalue weighted by atomic mass is 16.3. The first-order chi connectivity index (χ1) is 16.0. The van der Waals surface area contributed by atoms with Gasteiger partial charge in [0.15, 0.2) is 0 Å². The molecule has 2 amide bonds. The number of carboxylic acid groups (broad SMARTS) is 2. The first-order valence-electron chi connectivity index (χ1n) is 11.1. The van der Waals surface area contributed by atoms with Crippen molar-refractivity contribution < 1.29 is 29.4 Å². The summed E-state index contributed by atoms with van der Waals surface area (Å²) in [5, 5.41) is 16.8. The van der Waals surface area contributed by atoms with Crippen LogP contribution >= 0.6 is 0 Å². The predicted octanol–water partition coefficient (Wildman–Crippen LogP) is 0.375. The minimum atomic E-state index is -0.250. The van der Waals surface area contributed by atoms with E-state index in [-0.39, 0.29) is 30.8 Å². The fourth-order valence-electron chi connectivity index (χ4n) is 4.03. The van der Waals surface area contributed by atoms with Gasteiger partial charge in [-0.2, -0.15) is 0 Å². The number of likely N-dealkylation sites (tertiary alicyclic amines) is 1. The van der Waals surface area contributed by atoms with Crippen molar-refractivity contribution in [2.24, 2.45) is 0 Å². The van der Waals surface area contributed by atoms with Crippen molar-refractivity contribution in [3.63, 3.8) is 0 Å². The fraction of sp³-hybridized carbons (Fsp3) is 0.565. The topological polar surface area (TPSA) is 130 Å². The molecule has 1 atom stereocenters. The van der Waals surface area contributed by atoms with E-state index in [0.717, 1.165) is 58.4 Å². The zero-order valence-corrected chi connectivity index (χ0v) is 19.3. The monoisotopic (exact) mass is 464 g/mol. The van der Waals surface area contributed by atoms with Crippen molar-refractivity contribution in [3.8, 4) is 0 Å². The first kappa shape index (κ1) is 28.1. The zero-order valence-electron chi connectivity index (χ0n) is 19.3. The van der Waals surface area contributed by atoms with Crippen molar-refractivity contribution in [1.82, 2.24) is 20.0 Å². The molecule has 0 saturated carbocycles. The second-order valence-electron chi connectivity index (χ2n) is 7.89. The molecule has 0 unspecified atom stereocenters. The van der Waals surface area contributed by atoms with E-state index in [4.69, 9.17) is 19.8 Å². The SMILES string of the molecule is CN1CCC[C@@H]1C(=O)N1CCCN(CC(=O)NCCc2ccccc2)CC1.O=CO.O=CO. The molecule has 10 heteroatoms. The molecule has 2 heterocycles. The second-order valence-corrected chi connectivity index (χ2v) is 7.89. The van der Waals surface area contributed by atoms with Crippen LogP contribution in [0.25, 0.3) is 0 Å². The number of amides is 2. The minimum Gasteiger partial charge on any atom is -0.483 e. The van der Waals surface area contributed by atoms with Gasteiger partial charge in [0, 0.05) is 32.7 Å². The summed E-state index contributed by atoms with van der Waals surface area (Å²) in [5.74, 6) is 0.338. The van der Waals surface area contributed by atoms with Crippen LogP contribution in [0, 0.1) is 0 Å². The van der Waals surface area contributed by atoms with Gasteiger partial charge in [-0.05, 0) is 44.8 Å². The maximum Gasteiger partial charge on any atom is 0.290 e. The molecule has 0 radical (unpaired) electrons. The summed E-state index contributed by atoms with van der Waals surface area (Å²) < 4.78 is 0. The van der Waals surface area contributed by atoms with Gasteiger partial charge in [0.05, 0.1) is 12.6 Å². The molecule has 0 aromatic heterocycles. The minimum absolute atomic E-state index is 0.0536. The van der Waals surface area contributed by atoms with E-state index in [1.165, 1.54) is 5.56 Å². The molecule has 2 aliphatic heterocycles. The van der Waals surface area contributed by atoms with Crippen molar-refractivity contribution >= 4 is 24.8 Å². The molecule has 0 aliphatic carbocycles. The molecule has 3 rings (SSSR count). The van der Waals surface area contributed by atoms with E-state index in [1.54, 1.807) is 0 Å². The Balaban J connectivity index is 0.000000819. The number of carbonyl (C=O) groups is 4. The average Bonchev–Trinajstić information content (AvgIpc) is 3.09. The summed E-state index contributed by atoms with van der Waals surface area (Å²) in [6.45, 7) is 4.76. The second kappa shape index (κ2) is 16.6. The largest absolute Gasteiger partial charge is 0.483 e. The Morgan fingerprint density at radius 2 is 1.67 bits per heavy atom. The van der Waals surface area contributed by atoms with Gasteiger partial charge in [-0.15, -0.1) is 0 Å². The molecule has 2 saturated heterocycles. The van der Waals surface area contributed by atoms with Crippen molar-refractivity contribution in [3.05, 3.63) is 35.9 Å². The Labute approximate surface area is 195 Å². The highest BCUT2D eigenvalue weighted by Gasteiger charge is 2.32. The molecule has 1 aromatic carbocycles. The van der Waals surface area contributed by atoms with E-state index in [9.17, 15) is 9.59 Å². The molecule has 184 valence electrons. The summed E-state index contributed by atoms with van der Waals surface area (Å²) in [6, 6.07) is 10.2. The van der Waals surface area contributed by atoms with Gasteiger partial charge < -0.3 is 20.4 Å². The summed E-state index contributed by atoms with van der Waals surface area (Å²) in [5.41, 5.74) is 1.23. The molecule has 10 nitrogen and oxygen atoms in total. The van der Waals surface area contributed by atoms with Gasteiger partial charge in [0.2, 0.25) is 11.8 Å². The smallest absolute Gasteiger partial charge is 0.290 e. The quantitative estimate of drug-likeness (QED) is 0.515. The van der Waals surface area contributed by atoms with Crippen LogP contribution in [0.3, 0.4) is 0 Å². The van der Waals surface area contributed by atoms with Gasteiger partial charge in [0.25, 0.3) is 12.9 Å². The van der Waals surface area contributed by atoms with E-state index < -0.39 is 0 Å². The van der Waals surface area contributed by atoms with Crippen LogP contribution in [0.4, 0.5) is 0 Å². The molecule has 0 spiro atoms. The lowest BCUT2D eigenvalue weighted by molar-refractivity contribution is -0.135. The van der Waals surface area contributed by atoms with E-state index >= 15 is 0 Å². The molecule has 1 aromatic rings. The maximum absolute atomic E-state index is 12.8. The van der Waals surface area contributed by atoms with Gasteiger partial charge in [0.1, 0.15) is 0 Å². The highest BCUT2D eigenvalue weighted by molar-refractivity contribution is 5.82.